The van der Waals surface area contributed by atoms with Crippen LogP contribution < -0.4 is 4.90 Å². The van der Waals surface area contributed by atoms with Gasteiger partial charge in [-0.15, -0.1) is 0 Å². The molecule has 1 saturated heterocycles. The standard InChI is InChI=1S/C20H23N5O/c1-15(17-6-4-3-5-7-17)12-19(26)24-8-10-25(11-9-24)20-22-16(2)13-18(14-21)23-20/h3-7,13,15H,8-12H2,1-2H3. The fraction of sp³-hybridized carbons (Fsp3) is 0.400. The molecular formula is C20H23N5O. The summed E-state index contributed by atoms with van der Waals surface area (Å²) in [6.07, 6.45) is 0.517. The molecule has 6 nitrogen and oxygen atoms in total. The van der Waals surface area contributed by atoms with Gasteiger partial charge in [0, 0.05) is 38.3 Å². The second-order valence-electron chi connectivity index (χ2n) is 6.69. The third-order valence-corrected chi connectivity index (χ3v) is 4.72. The van der Waals surface area contributed by atoms with E-state index >= 15 is 0 Å². The summed E-state index contributed by atoms with van der Waals surface area (Å²) < 4.78 is 0. The molecule has 1 aliphatic rings. The van der Waals surface area contributed by atoms with Gasteiger partial charge in [0.25, 0.3) is 0 Å². The van der Waals surface area contributed by atoms with Crippen LogP contribution in [0.1, 0.15) is 36.2 Å². The largest absolute Gasteiger partial charge is 0.339 e. The number of piperazine rings is 1. The van der Waals surface area contributed by atoms with Crippen LogP contribution in [0, 0.1) is 18.3 Å². The summed E-state index contributed by atoms with van der Waals surface area (Å²) in [6, 6.07) is 13.9. The number of hydrogen-bond acceptors (Lipinski definition) is 5. The Hall–Kier alpha value is -2.94. The first-order valence-electron chi connectivity index (χ1n) is 8.90. The van der Waals surface area contributed by atoms with Crippen LogP contribution in [0.15, 0.2) is 36.4 Å². The van der Waals surface area contributed by atoms with E-state index in [9.17, 15) is 4.79 Å². The highest BCUT2D eigenvalue weighted by molar-refractivity contribution is 5.77. The Morgan fingerprint density at radius 3 is 2.54 bits per heavy atom. The molecular weight excluding hydrogens is 326 g/mol. The van der Waals surface area contributed by atoms with E-state index in [1.54, 1.807) is 6.07 Å². The van der Waals surface area contributed by atoms with E-state index in [0.29, 0.717) is 44.2 Å². The molecule has 0 N–H and O–H groups in total. The van der Waals surface area contributed by atoms with E-state index in [2.05, 4.69) is 35.1 Å². The molecule has 0 spiro atoms. The number of carbonyl (C=O) groups is 1. The minimum atomic E-state index is 0.184. The van der Waals surface area contributed by atoms with Crippen LogP contribution in [-0.4, -0.2) is 47.0 Å². The molecule has 1 aromatic carbocycles. The van der Waals surface area contributed by atoms with E-state index in [1.165, 1.54) is 5.56 Å². The Balaban J connectivity index is 1.57. The number of aromatic nitrogens is 2. The predicted molar refractivity (Wildman–Crippen MR) is 99.8 cm³/mol. The highest BCUT2D eigenvalue weighted by Crippen LogP contribution is 2.20. The summed E-state index contributed by atoms with van der Waals surface area (Å²) in [5.41, 5.74) is 2.35. The fourth-order valence-corrected chi connectivity index (χ4v) is 3.20. The van der Waals surface area contributed by atoms with Crippen LogP contribution in [0.4, 0.5) is 5.95 Å². The first kappa shape index (κ1) is 17.9. The maximum absolute atomic E-state index is 12.6. The molecule has 1 aliphatic heterocycles. The van der Waals surface area contributed by atoms with Crippen LogP contribution >= 0.6 is 0 Å². The van der Waals surface area contributed by atoms with Crippen LogP contribution in [0.3, 0.4) is 0 Å². The highest BCUT2D eigenvalue weighted by Gasteiger charge is 2.24. The van der Waals surface area contributed by atoms with Crippen molar-refractivity contribution in [2.24, 2.45) is 0 Å². The number of rotatable bonds is 4. The van der Waals surface area contributed by atoms with Gasteiger partial charge in [-0.05, 0) is 24.5 Å². The van der Waals surface area contributed by atoms with Gasteiger partial charge in [0.05, 0.1) is 0 Å². The number of aryl methyl sites for hydroxylation is 1. The Morgan fingerprint density at radius 2 is 1.88 bits per heavy atom. The minimum absolute atomic E-state index is 0.184. The van der Waals surface area contributed by atoms with Crippen LogP contribution in [0.5, 0.6) is 0 Å². The third kappa shape index (κ3) is 4.17. The van der Waals surface area contributed by atoms with Crippen molar-refractivity contribution < 1.29 is 4.79 Å². The molecule has 1 aromatic heterocycles. The summed E-state index contributed by atoms with van der Waals surface area (Å²) in [6.45, 7) is 6.61. The Kier molecular flexibility index (Phi) is 5.47. The molecule has 3 rings (SSSR count). The molecule has 1 unspecified atom stereocenters. The van der Waals surface area contributed by atoms with Gasteiger partial charge in [0.15, 0.2) is 0 Å². The molecule has 134 valence electrons. The zero-order valence-corrected chi connectivity index (χ0v) is 15.2. The zero-order chi connectivity index (χ0) is 18.5. The van der Waals surface area contributed by atoms with Crippen molar-refractivity contribution >= 4 is 11.9 Å². The summed E-state index contributed by atoms with van der Waals surface area (Å²) in [4.78, 5) is 25.3. The first-order chi connectivity index (χ1) is 12.6. The molecule has 26 heavy (non-hydrogen) atoms. The quantitative estimate of drug-likeness (QED) is 0.848. The number of benzene rings is 1. The average Bonchev–Trinajstić information content (AvgIpc) is 2.68. The lowest BCUT2D eigenvalue weighted by Gasteiger charge is -2.35. The number of amides is 1. The maximum Gasteiger partial charge on any atom is 0.226 e. The number of anilines is 1. The molecule has 0 aliphatic carbocycles. The topological polar surface area (TPSA) is 73.1 Å². The maximum atomic E-state index is 12.6. The molecule has 0 radical (unpaired) electrons. The molecule has 1 atom stereocenters. The smallest absolute Gasteiger partial charge is 0.226 e. The van der Waals surface area contributed by atoms with Gasteiger partial charge in [-0.1, -0.05) is 37.3 Å². The van der Waals surface area contributed by atoms with Gasteiger partial charge in [0.2, 0.25) is 11.9 Å². The average molecular weight is 349 g/mol. The number of hydrogen-bond donors (Lipinski definition) is 0. The lowest BCUT2D eigenvalue weighted by atomic mass is 9.97. The molecule has 2 aromatic rings. The molecule has 1 amide bonds. The fourth-order valence-electron chi connectivity index (χ4n) is 3.20. The van der Waals surface area contributed by atoms with E-state index < -0.39 is 0 Å². The van der Waals surface area contributed by atoms with Crippen molar-refractivity contribution in [2.45, 2.75) is 26.2 Å². The minimum Gasteiger partial charge on any atom is -0.339 e. The summed E-state index contributed by atoms with van der Waals surface area (Å²) in [7, 11) is 0. The SMILES string of the molecule is Cc1cc(C#N)nc(N2CCN(C(=O)CC(C)c3ccccc3)CC2)n1. The van der Waals surface area contributed by atoms with Gasteiger partial charge >= 0.3 is 0 Å². The molecule has 6 heteroatoms. The van der Waals surface area contributed by atoms with E-state index in [1.807, 2.05) is 34.9 Å². The zero-order valence-electron chi connectivity index (χ0n) is 15.2. The van der Waals surface area contributed by atoms with Gasteiger partial charge in [-0.25, -0.2) is 9.97 Å². The number of carbonyl (C=O) groups excluding carboxylic acids is 1. The number of nitriles is 1. The lowest BCUT2D eigenvalue weighted by molar-refractivity contribution is -0.131. The summed E-state index contributed by atoms with van der Waals surface area (Å²) >= 11 is 0. The van der Waals surface area contributed by atoms with E-state index in [-0.39, 0.29) is 11.8 Å². The molecule has 0 saturated carbocycles. The Bertz CT molecular complexity index is 807. The van der Waals surface area contributed by atoms with Crippen molar-refractivity contribution in [2.75, 3.05) is 31.1 Å². The summed E-state index contributed by atoms with van der Waals surface area (Å²) in [5.74, 6) is 0.968. The first-order valence-corrected chi connectivity index (χ1v) is 8.90. The summed E-state index contributed by atoms with van der Waals surface area (Å²) in [5, 5.41) is 9.07. The van der Waals surface area contributed by atoms with Gasteiger partial charge in [0.1, 0.15) is 11.8 Å². The Labute approximate surface area is 154 Å². The monoisotopic (exact) mass is 349 g/mol. The van der Waals surface area contributed by atoms with E-state index in [0.717, 1.165) is 5.69 Å². The predicted octanol–water partition coefficient (Wildman–Crippen LogP) is 2.50. The molecule has 0 bridgehead atoms. The highest BCUT2D eigenvalue weighted by atomic mass is 16.2. The molecule has 2 heterocycles. The van der Waals surface area contributed by atoms with Gasteiger partial charge in [-0.3, -0.25) is 4.79 Å². The lowest BCUT2D eigenvalue weighted by Crippen LogP contribution is -2.49. The van der Waals surface area contributed by atoms with Crippen molar-refractivity contribution in [3.8, 4) is 6.07 Å². The second kappa shape index (κ2) is 7.96. The second-order valence-corrected chi connectivity index (χ2v) is 6.69. The van der Waals surface area contributed by atoms with E-state index in [4.69, 9.17) is 5.26 Å². The van der Waals surface area contributed by atoms with Crippen LogP contribution in [0.25, 0.3) is 0 Å². The van der Waals surface area contributed by atoms with Gasteiger partial charge < -0.3 is 9.80 Å². The molecule has 1 fully saturated rings. The van der Waals surface area contributed by atoms with Crippen molar-refractivity contribution in [1.82, 2.24) is 14.9 Å². The van der Waals surface area contributed by atoms with Crippen molar-refractivity contribution in [3.05, 3.63) is 53.3 Å². The van der Waals surface area contributed by atoms with Crippen LogP contribution in [-0.2, 0) is 4.79 Å². The normalized spacial score (nSPS) is 15.4. The Morgan fingerprint density at radius 1 is 1.19 bits per heavy atom. The number of nitrogens with zero attached hydrogens (tertiary/aromatic N) is 5. The van der Waals surface area contributed by atoms with Crippen molar-refractivity contribution in [1.29, 1.82) is 5.26 Å². The van der Waals surface area contributed by atoms with Crippen LogP contribution in [0.2, 0.25) is 0 Å². The van der Waals surface area contributed by atoms with Crippen molar-refractivity contribution in [3.63, 3.8) is 0 Å². The third-order valence-electron chi connectivity index (χ3n) is 4.72. The van der Waals surface area contributed by atoms with Gasteiger partial charge in [-0.2, -0.15) is 5.26 Å².